The summed E-state index contributed by atoms with van der Waals surface area (Å²) in [6, 6.07) is 8.21. The lowest BCUT2D eigenvalue weighted by atomic mass is 10.1. The Bertz CT molecular complexity index is 572. The second-order valence-corrected chi connectivity index (χ2v) is 5.06. The molecule has 3 heteroatoms. The molecular formula is C17H23NO2. The van der Waals surface area contributed by atoms with Crippen molar-refractivity contribution in [2.45, 2.75) is 40.8 Å². The van der Waals surface area contributed by atoms with Crippen LogP contribution in [-0.2, 0) is 13.2 Å². The summed E-state index contributed by atoms with van der Waals surface area (Å²) in [5.41, 5.74) is 3.56. The molecule has 0 amide bonds. The van der Waals surface area contributed by atoms with E-state index < -0.39 is 0 Å². The third-order valence-electron chi connectivity index (χ3n) is 3.56. The van der Waals surface area contributed by atoms with E-state index in [1.54, 1.807) is 0 Å². The maximum atomic E-state index is 5.92. The van der Waals surface area contributed by atoms with Gasteiger partial charge in [0.05, 0.1) is 6.54 Å². The highest BCUT2D eigenvalue weighted by Gasteiger charge is 2.09. The Hall–Kier alpha value is -1.74. The Kier molecular flexibility index (Phi) is 4.85. The van der Waals surface area contributed by atoms with E-state index in [1.165, 1.54) is 11.1 Å². The summed E-state index contributed by atoms with van der Waals surface area (Å²) in [6.07, 6.45) is 0. The molecule has 0 aliphatic heterocycles. The molecule has 0 unspecified atom stereocenters. The van der Waals surface area contributed by atoms with Crippen LogP contribution in [0.4, 0.5) is 0 Å². The Morgan fingerprint density at radius 3 is 2.75 bits per heavy atom. The van der Waals surface area contributed by atoms with Crippen molar-refractivity contribution < 1.29 is 9.15 Å². The maximum absolute atomic E-state index is 5.92. The third-order valence-corrected chi connectivity index (χ3v) is 3.56. The SMILES string of the molecule is CCNCc1cc(COc2cccc(C)c2C)c(C)o1. The van der Waals surface area contributed by atoms with Gasteiger partial charge in [0.15, 0.2) is 0 Å². The molecule has 1 N–H and O–H groups in total. The standard InChI is InChI=1S/C17H23NO2/c1-5-18-10-16-9-15(14(4)20-16)11-19-17-8-6-7-12(2)13(17)3/h6-9,18H,5,10-11H2,1-4H3. The Morgan fingerprint density at radius 2 is 2.00 bits per heavy atom. The van der Waals surface area contributed by atoms with E-state index in [0.29, 0.717) is 6.61 Å². The van der Waals surface area contributed by atoms with Crippen LogP contribution in [0.3, 0.4) is 0 Å². The number of aryl methyl sites for hydroxylation is 2. The van der Waals surface area contributed by atoms with Gasteiger partial charge >= 0.3 is 0 Å². The first kappa shape index (κ1) is 14.7. The van der Waals surface area contributed by atoms with Gasteiger partial charge in [0.2, 0.25) is 0 Å². The summed E-state index contributed by atoms with van der Waals surface area (Å²) in [5, 5.41) is 3.26. The Labute approximate surface area is 121 Å². The third kappa shape index (κ3) is 3.42. The van der Waals surface area contributed by atoms with Crippen LogP contribution in [0.2, 0.25) is 0 Å². The second kappa shape index (κ2) is 6.62. The van der Waals surface area contributed by atoms with Crippen molar-refractivity contribution in [3.05, 3.63) is 52.5 Å². The molecule has 2 aromatic rings. The minimum absolute atomic E-state index is 0.547. The molecule has 0 saturated heterocycles. The molecule has 0 saturated carbocycles. The lowest BCUT2D eigenvalue weighted by Gasteiger charge is -2.10. The summed E-state index contributed by atoms with van der Waals surface area (Å²) in [4.78, 5) is 0. The van der Waals surface area contributed by atoms with Crippen LogP contribution in [0.15, 0.2) is 28.7 Å². The topological polar surface area (TPSA) is 34.4 Å². The van der Waals surface area contributed by atoms with Crippen LogP contribution < -0.4 is 10.1 Å². The molecule has 2 rings (SSSR count). The molecule has 0 aliphatic rings. The largest absolute Gasteiger partial charge is 0.488 e. The first-order valence-corrected chi connectivity index (χ1v) is 7.09. The molecule has 0 atom stereocenters. The summed E-state index contributed by atoms with van der Waals surface area (Å²) in [5.74, 6) is 2.84. The van der Waals surface area contributed by atoms with Gasteiger partial charge in [-0.05, 0) is 50.6 Å². The minimum atomic E-state index is 0.547. The lowest BCUT2D eigenvalue weighted by molar-refractivity contribution is 0.300. The van der Waals surface area contributed by atoms with Gasteiger partial charge in [-0.2, -0.15) is 0 Å². The molecule has 1 aromatic heterocycles. The van der Waals surface area contributed by atoms with Crippen LogP contribution in [0, 0.1) is 20.8 Å². The average Bonchev–Trinajstić information content (AvgIpc) is 2.79. The van der Waals surface area contributed by atoms with Gasteiger partial charge in [-0.25, -0.2) is 0 Å². The molecule has 1 aromatic carbocycles. The summed E-state index contributed by atoms with van der Waals surface area (Å²) >= 11 is 0. The highest BCUT2D eigenvalue weighted by atomic mass is 16.5. The second-order valence-electron chi connectivity index (χ2n) is 5.06. The highest BCUT2D eigenvalue weighted by Crippen LogP contribution is 2.23. The van der Waals surface area contributed by atoms with E-state index >= 15 is 0 Å². The van der Waals surface area contributed by atoms with E-state index in [1.807, 2.05) is 19.1 Å². The Balaban J connectivity index is 2.03. The van der Waals surface area contributed by atoms with Crippen LogP contribution in [-0.4, -0.2) is 6.54 Å². The van der Waals surface area contributed by atoms with Gasteiger partial charge in [0.25, 0.3) is 0 Å². The van der Waals surface area contributed by atoms with Crippen molar-refractivity contribution in [2.24, 2.45) is 0 Å². The maximum Gasteiger partial charge on any atom is 0.122 e. The summed E-state index contributed by atoms with van der Waals surface area (Å²) in [7, 11) is 0. The number of rotatable bonds is 6. The Morgan fingerprint density at radius 1 is 1.20 bits per heavy atom. The number of ether oxygens (including phenoxy) is 1. The number of furan rings is 1. The quantitative estimate of drug-likeness (QED) is 0.867. The van der Waals surface area contributed by atoms with Crippen molar-refractivity contribution >= 4 is 0 Å². The lowest BCUT2D eigenvalue weighted by Crippen LogP contribution is -2.10. The van der Waals surface area contributed by atoms with Crippen LogP contribution in [0.5, 0.6) is 5.75 Å². The zero-order chi connectivity index (χ0) is 14.5. The molecule has 0 bridgehead atoms. The molecule has 20 heavy (non-hydrogen) atoms. The number of nitrogens with one attached hydrogen (secondary N) is 1. The smallest absolute Gasteiger partial charge is 0.122 e. The van der Waals surface area contributed by atoms with E-state index in [4.69, 9.17) is 9.15 Å². The van der Waals surface area contributed by atoms with Crippen LogP contribution in [0.1, 0.15) is 35.1 Å². The summed E-state index contributed by atoms with van der Waals surface area (Å²) in [6.45, 7) is 10.5. The van der Waals surface area contributed by atoms with Crippen molar-refractivity contribution in [2.75, 3.05) is 6.54 Å². The van der Waals surface area contributed by atoms with Crippen molar-refractivity contribution in [1.82, 2.24) is 5.32 Å². The molecule has 108 valence electrons. The summed E-state index contributed by atoms with van der Waals surface area (Å²) < 4.78 is 11.6. The van der Waals surface area contributed by atoms with E-state index in [-0.39, 0.29) is 0 Å². The van der Waals surface area contributed by atoms with Crippen molar-refractivity contribution in [3.8, 4) is 5.75 Å². The zero-order valence-electron chi connectivity index (χ0n) is 12.7. The number of hydrogen-bond donors (Lipinski definition) is 1. The molecule has 0 aliphatic carbocycles. The normalized spacial score (nSPS) is 10.8. The molecular weight excluding hydrogens is 250 g/mol. The van der Waals surface area contributed by atoms with Crippen molar-refractivity contribution in [3.63, 3.8) is 0 Å². The fourth-order valence-corrected chi connectivity index (χ4v) is 2.10. The van der Waals surface area contributed by atoms with Crippen LogP contribution in [0.25, 0.3) is 0 Å². The first-order chi connectivity index (χ1) is 9.61. The average molecular weight is 273 g/mol. The minimum Gasteiger partial charge on any atom is -0.488 e. The van der Waals surface area contributed by atoms with Gasteiger partial charge in [-0.3, -0.25) is 0 Å². The molecule has 3 nitrogen and oxygen atoms in total. The monoisotopic (exact) mass is 273 g/mol. The zero-order valence-corrected chi connectivity index (χ0v) is 12.7. The van der Waals surface area contributed by atoms with Gasteiger partial charge < -0.3 is 14.5 Å². The van der Waals surface area contributed by atoms with Crippen molar-refractivity contribution in [1.29, 1.82) is 0 Å². The predicted octanol–water partition coefficient (Wildman–Crippen LogP) is 3.89. The first-order valence-electron chi connectivity index (χ1n) is 7.09. The van der Waals surface area contributed by atoms with Crippen LogP contribution >= 0.6 is 0 Å². The molecule has 0 radical (unpaired) electrons. The van der Waals surface area contributed by atoms with E-state index in [2.05, 4.69) is 38.2 Å². The van der Waals surface area contributed by atoms with Gasteiger partial charge in [0, 0.05) is 5.56 Å². The van der Waals surface area contributed by atoms with E-state index in [0.717, 1.165) is 35.9 Å². The predicted molar refractivity (Wildman–Crippen MR) is 81.1 cm³/mol. The van der Waals surface area contributed by atoms with E-state index in [9.17, 15) is 0 Å². The number of benzene rings is 1. The molecule has 0 fully saturated rings. The van der Waals surface area contributed by atoms with Gasteiger partial charge in [-0.15, -0.1) is 0 Å². The fraction of sp³-hybridized carbons (Fsp3) is 0.412. The molecule has 0 spiro atoms. The number of hydrogen-bond acceptors (Lipinski definition) is 3. The molecule has 1 heterocycles. The fourth-order valence-electron chi connectivity index (χ4n) is 2.10. The van der Waals surface area contributed by atoms with Gasteiger partial charge in [-0.1, -0.05) is 19.1 Å². The van der Waals surface area contributed by atoms with Gasteiger partial charge in [0.1, 0.15) is 23.9 Å². The highest BCUT2D eigenvalue weighted by molar-refractivity contribution is 5.38.